The molecule has 0 unspecified atom stereocenters. The van der Waals surface area contributed by atoms with Crippen LogP contribution in [0.15, 0.2) is 60.9 Å². The van der Waals surface area contributed by atoms with Crippen LogP contribution in [0.25, 0.3) is 21.8 Å². The third-order valence-electron chi connectivity index (χ3n) is 8.77. The van der Waals surface area contributed by atoms with Crippen molar-refractivity contribution in [1.82, 2.24) is 9.13 Å². The summed E-state index contributed by atoms with van der Waals surface area (Å²) in [6.07, 6.45) is 3.20. The van der Waals surface area contributed by atoms with Crippen molar-refractivity contribution in [2.45, 2.75) is 90.9 Å². The van der Waals surface area contributed by atoms with E-state index in [2.05, 4.69) is 92.0 Å². The van der Waals surface area contributed by atoms with E-state index >= 15 is 0 Å². The van der Waals surface area contributed by atoms with E-state index in [1.165, 1.54) is 0 Å². The Morgan fingerprint density at radius 2 is 1.12 bits per heavy atom. The van der Waals surface area contributed by atoms with Gasteiger partial charge in [-0.05, 0) is 90.4 Å². The van der Waals surface area contributed by atoms with Gasteiger partial charge in [-0.2, -0.15) is 0 Å². The number of hydrogen-bond acceptors (Lipinski definition) is 4. The molecule has 0 aliphatic rings. The Labute approximate surface area is 241 Å². The molecule has 2 aromatic heterocycles. The highest BCUT2D eigenvalue weighted by atomic mass is 28.4. The quantitative estimate of drug-likeness (QED) is 0.155. The van der Waals surface area contributed by atoms with Gasteiger partial charge in [-0.3, -0.25) is 0 Å². The van der Waals surface area contributed by atoms with Gasteiger partial charge >= 0.3 is 5.97 Å². The van der Waals surface area contributed by atoms with Crippen molar-refractivity contribution < 1.29 is 18.4 Å². The summed E-state index contributed by atoms with van der Waals surface area (Å²) in [5.41, 5.74) is 1.84. The van der Waals surface area contributed by atoms with Crippen molar-refractivity contribution in [3.8, 4) is 11.5 Å². The van der Waals surface area contributed by atoms with Crippen molar-refractivity contribution in [3.05, 3.63) is 60.9 Å². The lowest BCUT2D eigenvalue weighted by molar-refractivity contribution is -0.147. The van der Waals surface area contributed by atoms with E-state index in [9.17, 15) is 4.79 Å². The molecule has 0 spiro atoms. The Hall–Kier alpha value is -2.98. The fourth-order valence-electron chi connectivity index (χ4n) is 4.28. The maximum absolute atomic E-state index is 13.6. The zero-order valence-electron chi connectivity index (χ0n) is 26.1. The minimum atomic E-state index is -2.04. The number of esters is 1. The number of rotatable bonds is 8. The fraction of sp³-hybridized carbons (Fsp3) is 0.469. The molecule has 0 N–H and O–H groups in total. The Balaban J connectivity index is 1.83. The molecule has 0 saturated carbocycles. The number of ether oxygens (including phenoxy) is 1. The van der Waals surface area contributed by atoms with E-state index < -0.39 is 22.8 Å². The second kappa shape index (κ2) is 10.5. The Morgan fingerprint density at radius 3 is 1.48 bits per heavy atom. The maximum atomic E-state index is 13.6. The number of benzene rings is 2. The monoisotopic (exact) mass is 578 g/mol. The van der Waals surface area contributed by atoms with Crippen LogP contribution in [-0.4, -0.2) is 38.3 Å². The lowest BCUT2D eigenvalue weighted by Crippen LogP contribution is -2.43. The minimum absolute atomic E-state index is 0.0751. The molecule has 6 nitrogen and oxygen atoms in total. The fourth-order valence-corrected chi connectivity index (χ4v) is 6.33. The SMILES string of the molecule is CCOC(=O)C(n1ccc2ccc(O[Si](C)(C)C(C)(C)C)cc21)n1ccc2ccc(O[Si](C)(C)C(C)(C)C)cc21. The van der Waals surface area contributed by atoms with Gasteiger partial charge < -0.3 is 22.7 Å². The number of fused-ring (bicyclic) bond motifs is 2. The zero-order chi connectivity index (χ0) is 29.7. The van der Waals surface area contributed by atoms with Crippen molar-refractivity contribution >= 4 is 44.4 Å². The molecule has 40 heavy (non-hydrogen) atoms. The van der Waals surface area contributed by atoms with Gasteiger partial charge in [0.1, 0.15) is 11.5 Å². The van der Waals surface area contributed by atoms with E-state index in [0.29, 0.717) is 6.61 Å². The van der Waals surface area contributed by atoms with Crippen molar-refractivity contribution in [3.63, 3.8) is 0 Å². The van der Waals surface area contributed by atoms with Crippen molar-refractivity contribution in [2.24, 2.45) is 0 Å². The first kappa shape index (κ1) is 30.0. The van der Waals surface area contributed by atoms with Gasteiger partial charge in [-0.25, -0.2) is 4.79 Å². The minimum Gasteiger partial charge on any atom is -0.543 e. The molecule has 0 saturated heterocycles. The summed E-state index contributed by atoms with van der Waals surface area (Å²) < 4.78 is 22.9. The van der Waals surface area contributed by atoms with E-state index in [1.807, 2.05) is 52.7 Å². The van der Waals surface area contributed by atoms with Gasteiger partial charge in [0.2, 0.25) is 22.8 Å². The number of nitrogens with zero attached hydrogens (tertiary/aromatic N) is 2. The van der Waals surface area contributed by atoms with Gasteiger partial charge in [0.15, 0.2) is 0 Å². The molecule has 0 fully saturated rings. The zero-order valence-corrected chi connectivity index (χ0v) is 28.1. The Kier molecular flexibility index (Phi) is 7.84. The average Bonchev–Trinajstić information content (AvgIpc) is 3.42. The predicted octanol–water partition coefficient (Wildman–Crippen LogP) is 8.97. The van der Waals surface area contributed by atoms with Crippen LogP contribution in [0, 0.1) is 0 Å². The number of hydrogen-bond donors (Lipinski definition) is 0. The molecule has 0 aliphatic carbocycles. The van der Waals surface area contributed by atoms with Crippen LogP contribution in [0.4, 0.5) is 0 Å². The predicted molar refractivity (Wildman–Crippen MR) is 171 cm³/mol. The van der Waals surface area contributed by atoms with Gasteiger partial charge in [0.25, 0.3) is 0 Å². The van der Waals surface area contributed by atoms with Crippen LogP contribution in [0.5, 0.6) is 11.5 Å². The normalized spacial score (nSPS) is 13.3. The van der Waals surface area contributed by atoms with Crippen LogP contribution < -0.4 is 8.85 Å². The molecule has 4 rings (SSSR count). The van der Waals surface area contributed by atoms with Crippen molar-refractivity contribution in [2.75, 3.05) is 6.61 Å². The van der Waals surface area contributed by atoms with Crippen molar-refractivity contribution in [1.29, 1.82) is 0 Å². The molecule has 0 bridgehead atoms. The highest BCUT2D eigenvalue weighted by Gasteiger charge is 2.40. The van der Waals surface area contributed by atoms with Crippen LogP contribution in [0.3, 0.4) is 0 Å². The summed E-state index contributed by atoms with van der Waals surface area (Å²) in [5, 5.41) is 2.22. The van der Waals surface area contributed by atoms with Gasteiger partial charge in [0, 0.05) is 24.5 Å². The largest absolute Gasteiger partial charge is 0.543 e. The lowest BCUT2D eigenvalue weighted by Gasteiger charge is -2.36. The molecule has 2 heterocycles. The molecule has 0 aliphatic heterocycles. The van der Waals surface area contributed by atoms with E-state index in [4.69, 9.17) is 13.6 Å². The molecular weight excluding hydrogens is 533 g/mol. The summed E-state index contributed by atoms with van der Waals surface area (Å²) in [6.45, 7) is 24.5. The Bertz CT molecular complexity index is 1410. The number of carbonyl (C=O) groups excluding carboxylic acids is 1. The highest BCUT2D eigenvalue weighted by Crippen LogP contribution is 2.40. The summed E-state index contributed by atoms with van der Waals surface area (Å²) in [6, 6.07) is 16.4. The van der Waals surface area contributed by atoms with Crippen LogP contribution >= 0.6 is 0 Å². The second-order valence-corrected chi connectivity index (χ2v) is 23.2. The first-order chi connectivity index (χ1) is 18.4. The first-order valence-corrected chi connectivity index (χ1v) is 20.0. The third kappa shape index (κ3) is 5.74. The van der Waals surface area contributed by atoms with Gasteiger partial charge in [-0.1, -0.05) is 41.5 Å². The second-order valence-electron chi connectivity index (χ2n) is 13.7. The molecule has 0 atom stereocenters. The summed E-state index contributed by atoms with van der Waals surface area (Å²) in [4.78, 5) is 13.6. The van der Waals surface area contributed by atoms with Crippen LogP contribution in [0.1, 0.15) is 54.6 Å². The maximum Gasteiger partial charge on any atom is 0.350 e. The van der Waals surface area contributed by atoms with E-state index in [-0.39, 0.29) is 16.0 Å². The smallest absolute Gasteiger partial charge is 0.350 e. The summed E-state index contributed by atoms with van der Waals surface area (Å²) >= 11 is 0. The highest BCUT2D eigenvalue weighted by molar-refractivity contribution is 6.75. The molecule has 0 radical (unpaired) electrons. The molecule has 2 aromatic carbocycles. The average molecular weight is 579 g/mol. The van der Waals surface area contributed by atoms with E-state index in [0.717, 1.165) is 33.3 Å². The summed E-state index contributed by atoms with van der Waals surface area (Å²) in [7, 11) is -4.08. The topological polar surface area (TPSA) is 54.6 Å². The van der Waals surface area contributed by atoms with E-state index in [1.54, 1.807) is 0 Å². The molecule has 216 valence electrons. The first-order valence-electron chi connectivity index (χ1n) is 14.2. The summed E-state index contributed by atoms with van der Waals surface area (Å²) in [5.74, 6) is 1.33. The van der Waals surface area contributed by atoms with Crippen LogP contribution in [-0.2, 0) is 9.53 Å². The van der Waals surface area contributed by atoms with Gasteiger partial charge in [-0.15, -0.1) is 0 Å². The van der Waals surface area contributed by atoms with Crippen LogP contribution in [0.2, 0.25) is 36.3 Å². The molecular formula is C32H46N2O4Si2. The number of aromatic nitrogens is 2. The van der Waals surface area contributed by atoms with Gasteiger partial charge in [0.05, 0.1) is 17.6 Å². The number of carbonyl (C=O) groups is 1. The molecule has 0 amide bonds. The Morgan fingerprint density at radius 1 is 0.725 bits per heavy atom. The standard InChI is InChI=1S/C32H46N2O4Si2/c1-12-36-30(35)29(33-19-17-23-13-15-25(21-27(23)33)37-39(8,9)31(2,3)4)34-20-18-24-14-16-26(22-28(24)34)38-40(10,11)32(5,6)7/h13-22,29H,12H2,1-11H3. The third-order valence-corrected chi connectivity index (χ3v) is 17.5. The molecule has 4 aromatic rings. The lowest BCUT2D eigenvalue weighted by atomic mass is 10.2. The molecule has 8 heteroatoms.